The number of nitrogens with two attached hydrogens (primary N) is 1. The van der Waals surface area contributed by atoms with E-state index < -0.39 is 0 Å². The molecule has 1 fully saturated rings. The molecule has 0 radical (unpaired) electrons. The van der Waals surface area contributed by atoms with Gasteiger partial charge in [0.1, 0.15) is 17.0 Å². The van der Waals surface area contributed by atoms with Gasteiger partial charge in [-0.15, -0.1) is 0 Å². The van der Waals surface area contributed by atoms with Gasteiger partial charge in [0.2, 0.25) is 5.95 Å². The minimum Gasteiger partial charge on any atom is -0.368 e. The van der Waals surface area contributed by atoms with Crippen molar-refractivity contribution in [2.24, 2.45) is 7.05 Å². The first-order valence-electron chi connectivity index (χ1n) is 9.91. The summed E-state index contributed by atoms with van der Waals surface area (Å²) in [5, 5.41) is 0. The summed E-state index contributed by atoms with van der Waals surface area (Å²) in [5.74, 6) is 1.07. The maximum absolute atomic E-state index is 6.07. The second-order valence-corrected chi connectivity index (χ2v) is 7.52. The van der Waals surface area contributed by atoms with E-state index in [-0.39, 0.29) is 5.95 Å². The molecule has 2 N–H and O–H groups in total. The van der Waals surface area contributed by atoms with Gasteiger partial charge in [-0.05, 0) is 49.7 Å². The fourth-order valence-electron chi connectivity index (χ4n) is 4.05. The van der Waals surface area contributed by atoms with Gasteiger partial charge in [0.15, 0.2) is 5.65 Å². The van der Waals surface area contributed by atoms with Gasteiger partial charge in [-0.2, -0.15) is 4.98 Å². The molecule has 0 atom stereocenters. The van der Waals surface area contributed by atoms with E-state index in [0.29, 0.717) is 0 Å². The lowest BCUT2D eigenvalue weighted by Gasteiger charge is -2.15. The van der Waals surface area contributed by atoms with E-state index in [2.05, 4.69) is 44.1 Å². The molecule has 1 aliphatic rings. The normalized spacial score (nSPS) is 14.7. The number of aromatic nitrogens is 5. The number of aryl methyl sites for hydroxylation is 1. The molecule has 7 nitrogen and oxygen atoms in total. The summed E-state index contributed by atoms with van der Waals surface area (Å²) < 4.78 is 1.96. The first-order chi connectivity index (χ1) is 14.2. The molecule has 7 heteroatoms. The number of likely N-dealkylation sites (tertiary alicyclic amines) is 1. The van der Waals surface area contributed by atoms with Crippen LogP contribution in [-0.2, 0) is 13.6 Å². The molecule has 0 bridgehead atoms. The van der Waals surface area contributed by atoms with Crippen LogP contribution in [0, 0.1) is 0 Å². The Balaban J connectivity index is 1.61. The molecule has 0 unspecified atom stereocenters. The lowest BCUT2D eigenvalue weighted by Crippen LogP contribution is -2.18. The van der Waals surface area contributed by atoms with Crippen molar-refractivity contribution in [3.05, 3.63) is 54.4 Å². The first kappa shape index (κ1) is 17.8. The lowest BCUT2D eigenvalue weighted by atomic mass is 10.1. The Morgan fingerprint density at radius 2 is 1.76 bits per heavy atom. The number of nitrogens with zero attached hydrogens (tertiary/aromatic N) is 6. The van der Waals surface area contributed by atoms with E-state index in [1.165, 1.54) is 31.5 Å². The van der Waals surface area contributed by atoms with Crippen molar-refractivity contribution < 1.29 is 0 Å². The summed E-state index contributed by atoms with van der Waals surface area (Å²) in [4.78, 5) is 20.5. The van der Waals surface area contributed by atoms with Gasteiger partial charge >= 0.3 is 0 Å². The fraction of sp³-hybridized carbons (Fsp3) is 0.273. The van der Waals surface area contributed by atoms with Crippen LogP contribution >= 0.6 is 0 Å². The van der Waals surface area contributed by atoms with E-state index >= 15 is 0 Å². The second-order valence-electron chi connectivity index (χ2n) is 7.52. The van der Waals surface area contributed by atoms with Crippen LogP contribution in [-0.4, -0.2) is 42.5 Å². The molecule has 3 aromatic heterocycles. The fourth-order valence-corrected chi connectivity index (χ4v) is 4.05. The SMILES string of the molecule is Cn1c(-c2ccncc2)nc2c(-c3cccc(CN4CCCC4)c3)nc(N)nc21. The van der Waals surface area contributed by atoms with Gasteiger partial charge in [0.25, 0.3) is 0 Å². The molecular formula is C22H23N7. The summed E-state index contributed by atoms with van der Waals surface area (Å²) in [7, 11) is 1.95. The molecule has 4 aromatic rings. The summed E-state index contributed by atoms with van der Waals surface area (Å²) in [5.41, 5.74) is 11.6. The summed E-state index contributed by atoms with van der Waals surface area (Å²) in [6.07, 6.45) is 6.10. The zero-order valence-electron chi connectivity index (χ0n) is 16.4. The minimum atomic E-state index is 0.252. The first-order valence-corrected chi connectivity index (χ1v) is 9.91. The predicted octanol–water partition coefficient (Wildman–Crippen LogP) is 3.27. The Hall–Kier alpha value is -3.32. The molecule has 0 amide bonds. The van der Waals surface area contributed by atoms with Crippen molar-refractivity contribution in [2.45, 2.75) is 19.4 Å². The highest BCUT2D eigenvalue weighted by Crippen LogP contribution is 2.30. The van der Waals surface area contributed by atoms with E-state index in [1.807, 2.05) is 23.7 Å². The van der Waals surface area contributed by atoms with Crippen molar-refractivity contribution in [3.8, 4) is 22.6 Å². The Morgan fingerprint density at radius 1 is 0.966 bits per heavy atom. The van der Waals surface area contributed by atoms with Gasteiger partial charge < -0.3 is 10.3 Å². The Morgan fingerprint density at radius 3 is 2.55 bits per heavy atom. The van der Waals surface area contributed by atoms with Crippen LogP contribution in [0.2, 0.25) is 0 Å². The minimum absolute atomic E-state index is 0.252. The average molecular weight is 385 g/mol. The number of benzene rings is 1. The average Bonchev–Trinajstić information content (AvgIpc) is 3.37. The third-order valence-corrected chi connectivity index (χ3v) is 5.48. The van der Waals surface area contributed by atoms with Gasteiger partial charge in [-0.3, -0.25) is 9.88 Å². The van der Waals surface area contributed by atoms with Gasteiger partial charge in [0, 0.05) is 37.1 Å². The van der Waals surface area contributed by atoms with Crippen LogP contribution in [0.4, 0.5) is 5.95 Å². The molecule has 0 saturated carbocycles. The van der Waals surface area contributed by atoms with Crippen LogP contribution in [0.3, 0.4) is 0 Å². The van der Waals surface area contributed by atoms with Crippen molar-refractivity contribution in [1.29, 1.82) is 0 Å². The molecule has 29 heavy (non-hydrogen) atoms. The van der Waals surface area contributed by atoms with Crippen LogP contribution < -0.4 is 5.73 Å². The highest BCUT2D eigenvalue weighted by atomic mass is 15.2. The molecule has 0 aliphatic carbocycles. The Bertz CT molecular complexity index is 1160. The van der Waals surface area contributed by atoms with Crippen molar-refractivity contribution in [3.63, 3.8) is 0 Å². The molecule has 0 spiro atoms. The van der Waals surface area contributed by atoms with Crippen molar-refractivity contribution >= 4 is 17.1 Å². The number of fused-ring (bicyclic) bond motifs is 1. The number of nitrogen functional groups attached to an aromatic ring is 1. The van der Waals surface area contributed by atoms with Crippen LogP contribution in [0.5, 0.6) is 0 Å². The monoisotopic (exact) mass is 385 g/mol. The number of hydrogen-bond acceptors (Lipinski definition) is 6. The molecule has 146 valence electrons. The molecule has 1 aliphatic heterocycles. The second kappa shape index (κ2) is 7.25. The van der Waals surface area contributed by atoms with E-state index in [1.54, 1.807) is 12.4 Å². The van der Waals surface area contributed by atoms with Crippen molar-refractivity contribution in [1.82, 2.24) is 29.4 Å². The van der Waals surface area contributed by atoms with Crippen LogP contribution in [0.1, 0.15) is 18.4 Å². The molecule has 1 aromatic carbocycles. The number of rotatable bonds is 4. The maximum atomic E-state index is 6.07. The Kier molecular flexibility index (Phi) is 4.44. The smallest absolute Gasteiger partial charge is 0.222 e. The van der Waals surface area contributed by atoms with Crippen molar-refractivity contribution in [2.75, 3.05) is 18.8 Å². The largest absolute Gasteiger partial charge is 0.368 e. The van der Waals surface area contributed by atoms with Crippen LogP contribution in [0.15, 0.2) is 48.8 Å². The third kappa shape index (κ3) is 3.34. The molecule has 4 heterocycles. The highest BCUT2D eigenvalue weighted by molar-refractivity contribution is 5.90. The zero-order valence-corrected chi connectivity index (χ0v) is 16.4. The van der Waals surface area contributed by atoms with Gasteiger partial charge in [-0.1, -0.05) is 18.2 Å². The molecule has 5 rings (SSSR count). The Labute approximate surface area is 169 Å². The summed E-state index contributed by atoms with van der Waals surface area (Å²) >= 11 is 0. The molecule has 1 saturated heterocycles. The standard InChI is InChI=1S/C22H23N7/c1-28-20(16-7-9-24-10-8-16)25-19-18(26-22(23)27-21(19)28)17-6-4-5-15(13-17)14-29-11-2-3-12-29/h4-10,13H,2-3,11-12,14H2,1H3,(H2,23,26,27). The lowest BCUT2D eigenvalue weighted by molar-refractivity contribution is 0.331. The third-order valence-electron chi connectivity index (χ3n) is 5.48. The van der Waals surface area contributed by atoms with E-state index in [9.17, 15) is 0 Å². The zero-order chi connectivity index (χ0) is 19.8. The summed E-state index contributed by atoms with van der Waals surface area (Å²) in [6, 6.07) is 12.4. The summed E-state index contributed by atoms with van der Waals surface area (Å²) in [6.45, 7) is 3.30. The van der Waals surface area contributed by atoms with Crippen LogP contribution in [0.25, 0.3) is 33.8 Å². The maximum Gasteiger partial charge on any atom is 0.222 e. The number of imidazole rings is 1. The topological polar surface area (TPSA) is 85.8 Å². The number of pyridine rings is 1. The van der Waals surface area contributed by atoms with Gasteiger partial charge in [0.05, 0.1) is 0 Å². The quantitative estimate of drug-likeness (QED) is 0.580. The highest BCUT2D eigenvalue weighted by Gasteiger charge is 2.18. The van der Waals surface area contributed by atoms with Gasteiger partial charge in [-0.25, -0.2) is 9.97 Å². The number of hydrogen-bond donors (Lipinski definition) is 1. The van der Waals surface area contributed by atoms with E-state index in [4.69, 9.17) is 10.7 Å². The van der Waals surface area contributed by atoms with E-state index in [0.717, 1.165) is 40.4 Å². The number of anilines is 1. The molecular weight excluding hydrogens is 362 g/mol. The predicted molar refractivity (Wildman–Crippen MR) is 114 cm³/mol.